The summed E-state index contributed by atoms with van der Waals surface area (Å²) in [5.41, 5.74) is -12.4. The largest absolute Gasteiger partial charge is 1.00 e. The van der Waals surface area contributed by atoms with E-state index in [4.69, 9.17) is 18.9 Å². The van der Waals surface area contributed by atoms with Crippen molar-refractivity contribution in [2.75, 3.05) is 53.9 Å². The number of sulfonamides is 2. The van der Waals surface area contributed by atoms with Gasteiger partial charge in [-0.05, 0) is 0 Å². The maximum atomic E-state index is 11.4. The molecule has 166 valence electrons. The average Bonchev–Trinajstić information content (AvgIpc) is 2.47. The second kappa shape index (κ2) is 14.8. The predicted molar refractivity (Wildman–Crippen MR) is 78.7 cm³/mol. The summed E-state index contributed by atoms with van der Waals surface area (Å²) in [6, 6.07) is 0. The van der Waals surface area contributed by atoms with E-state index in [9.17, 15) is 43.2 Å². The number of nitrogens with zero attached hydrogens (tertiary/aromatic N) is 1. The van der Waals surface area contributed by atoms with Crippen LogP contribution in [-0.4, -0.2) is 81.7 Å². The first-order chi connectivity index (χ1) is 12.1. The van der Waals surface area contributed by atoms with Gasteiger partial charge in [0.15, 0.2) is 20.0 Å². The maximum absolute atomic E-state index is 11.4. The minimum Gasteiger partial charge on any atom is -0.421 e. The van der Waals surface area contributed by atoms with Crippen molar-refractivity contribution in [3.8, 4) is 0 Å². The van der Waals surface area contributed by atoms with Crippen molar-refractivity contribution in [3.63, 3.8) is 0 Å². The van der Waals surface area contributed by atoms with Gasteiger partial charge in [0.25, 0.3) is 0 Å². The van der Waals surface area contributed by atoms with Crippen molar-refractivity contribution in [2.45, 2.75) is 11.0 Å². The minimum absolute atomic E-state index is 0. The third-order valence-corrected chi connectivity index (χ3v) is 4.76. The molecular formula is C10H18F6LiNO8S2. The van der Waals surface area contributed by atoms with E-state index in [0.717, 1.165) is 4.13 Å². The fourth-order valence-electron chi connectivity index (χ4n) is 0.820. The van der Waals surface area contributed by atoms with Crippen LogP contribution in [0.1, 0.15) is 0 Å². The van der Waals surface area contributed by atoms with Crippen LogP contribution in [0.2, 0.25) is 0 Å². The first kappa shape index (κ1) is 32.5. The monoisotopic (exact) mass is 465 g/mol. The molecular weight excluding hydrogens is 447 g/mol. The number of halogens is 6. The molecule has 0 heterocycles. The SMILES string of the molecule is COCCOCCOCCOC.O=S(=O)([N-]S(=O)(=O)C(F)(F)F)C(F)(F)F.[Li+]. The van der Waals surface area contributed by atoms with Gasteiger partial charge in [-0.25, -0.2) is 16.8 Å². The Kier molecular flexibility index (Phi) is 17.2. The van der Waals surface area contributed by atoms with Crippen LogP contribution in [0, 0.1) is 0 Å². The summed E-state index contributed by atoms with van der Waals surface area (Å²) in [5, 5.41) is 0. The van der Waals surface area contributed by atoms with Crippen molar-refractivity contribution in [3.05, 3.63) is 4.13 Å². The number of hydrogen-bond donors (Lipinski definition) is 0. The molecule has 0 amide bonds. The zero-order chi connectivity index (χ0) is 21.8. The topological polar surface area (TPSA) is 119 Å². The van der Waals surface area contributed by atoms with Crippen molar-refractivity contribution in [2.24, 2.45) is 0 Å². The second-order valence-electron chi connectivity index (χ2n) is 4.13. The summed E-state index contributed by atoms with van der Waals surface area (Å²) in [7, 11) is -10.1. The van der Waals surface area contributed by atoms with Crippen LogP contribution in [0.5, 0.6) is 0 Å². The summed E-state index contributed by atoms with van der Waals surface area (Å²) in [6.45, 7) is 3.77. The molecule has 28 heavy (non-hydrogen) atoms. The van der Waals surface area contributed by atoms with Crippen LogP contribution in [0.3, 0.4) is 0 Å². The predicted octanol–water partition coefficient (Wildman–Crippen LogP) is -1.62. The molecule has 0 radical (unpaired) electrons. The molecule has 9 nitrogen and oxygen atoms in total. The van der Waals surface area contributed by atoms with Gasteiger partial charge in [-0.2, -0.15) is 26.3 Å². The van der Waals surface area contributed by atoms with E-state index in [1.54, 1.807) is 14.2 Å². The van der Waals surface area contributed by atoms with Crippen LogP contribution in [0.4, 0.5) is 26.3 Å². The smallest absolute Gasteiger partial charge is 0.421 e. The maximum Gasteiger partial charge on any atom is 1.00 e. The van der Waals surface area contributed by atoms with Crippen LogP contribution < -0.4 is 18.9 Å². The molecule has 0 bridgehead atoms. The Morgan fingerprint density at radius 3 is 1.11 bits per heavy atom. The van der Waals surface area contributed by atoms with E-state index in [1.807, 2.05) is 0 Å². The standard InChI is InChI=1S/C8H18O4.C2F6NO4S2.Li/c1-9-3-5-11-7-8-12-6-4-10-2;3-1(4,5)14(10,11)9-15(12,13)2(6,7)8;/h3-8H2,1-2H3;;/q;-1;+1. The van der Waals surface area contributed by atoms with E-state index in [0.29, 0.717) is 39.6 Å². The Morgan fingerprint density at radius 2 is 0.893 bits per heavy atom. The Hall–Kier alpha value is -0.123. The molecule has 0 aliphatic heterocycles. The van der Waals surface area contributed by atoms with E-state index in [-0.39, 0.29) is 18.9 Å². The van der Waals surface area contributed by atoms with Crippen LogP contribution in [0.15, 0.2) is 0 Å². The number of alkyl halides is 6. The molecule has 0 unspecified atom stereocenters. The Balaban J connectivity index is -0.000000441. The van der Waals surface area contributed by atoms with Crippen LogP contribution in [0.25, 0.3) is 4.13 Å². The van der Waals surface area contributed by atoms with Gasteiger partial charge < -0.3 is 23.1 Å². The van der Waals surface area contributed by atoms with Gasteiger partial charge in [0.2, 0.25) is 0 Å². The Morgan fingerprint density at radius 1 is 0.643 bits per heavy atom. The Bertz CT molecular complexity index is 544. The van der Waals surface area contributed by atoms with E-state index >= 15 is 0 Å². The molecule has 0 saturated heterocycles. The first-order valence-electron chi connectivity index (χ1n) is 6.62. The van der Waals surface area contributed by atoms with Crippen molar-refractivity contribution < 1.29 is 81.0 Å². The van der Waals surface area contributed by atoms with Crippen molar-refractivity contribution in [1.29, 1.82) is 0 Å². The molecule has 0 atom stereocenters. The van der Waals surface area contributed by atoms with E-state index in [1.165, 1.54) is 0 Å². The molecule has 0 aromatic heterocycles. The molecule has 0 aromatic carbocycles. The van der Waals surface area contributed by atoms with E-state index in [2.05, 4.69) is 0 Å². The summed E-state index contributed by atoms with van der Waals surface area (Å²) in [5.74, 6) is 0. The van der Waals surface area contributed by atoms with Crippen molar-refractivity contribution in [1.82, 2.24) is 0 Å². The molecule has 0 saturated carbocycles. The zero-order valence-electron chi connectivity index (χ0n) is 15.0. The van der Waals surface area contributed by atoms with Crippen LogP contribution in [-0.2, 0) is 39.0 Å². The summed E-state index contributed by atoms with van der Waals surface area (Å²) >= 11 is 0. The van der Waals surface area contributed by atoms with Gasteiger partial charge in [0, 0.05) is 14.2 Å². The zero-order valence-corrected chi connectivity index (χ0v) is 16.7. The Labute approximate surface area is 170 Å². The number of methoxy groups -OCH3 is 2. The van der Waals surface area contributed by atoms with Gasteiger partial charge in [0.1, 0.15) is 0 Å². The normalized spacial score (nSPS) is 12.7. The second-order valence-corrected chi connectivity index (χ2v) is 7.55. The van der Waals surface area contributed by atoms with Crippen molar-refractivity contribution >= 4 is 20.0 Å². The minimum atomic E-state index is -6.72. The van der Waals surface area contributed by atoms with Gasteiger partial charge in [-0.3, -0.25) is 0 Å². The van der Waals surface area contributed by atoms with Gasteiger partial charge in [-0.15, -0.1) is 0 Å². The molecule has 0 aliphatic carbocycles. The third kappa shape index (κ3) is 14.8. The van der Waals surface area contributed by atoms with Gasteiger partial charge in [-0.1, -0.05) is 0 Å². The third-order valence-electron chi connectivity index (χ3n) is 2.02. The molecule has 0 aliphatic rings. The molecule has 0 rings (SSSR count). The average molecular weight is 465 g/mol. The molecule has 0 N–H and O–H groups in total. The molecule has 18 heteroatoms. The number of hydrogen-bond acceptors (Lipinski definition) is 8. The number of rotatable bonds is 11. The van der Waals surface area contributed by atoms with Gasteiger partial charge in [0.05, 0.1) is 39.6 Å². The fraction of sp³-hybridized carbons (Fsp3) is 1.00. The van der Waals surface area contributed by atoms with Gasteiger partial charge >= 0.3 is 29.9 Å². The molecule has 0 fully saturated rings. The summed E-state index contributed by atoms with van der Waals surface area (Å²) in [6.07, 6.45) is 0. The molecule has 0 aromatic rings. The quantitative estimate of drug-likeness (QED) is 0.203. The fourth-order valence-corrected chi connectivity index (χ4v) is 2.53. The summed E-state index contributed by atoms with van der Waals surface area (Å²) < 4.78 is 129. The molecule has 0 spiro atoms. The first-order valence-corrected chi connectivity index (χ1v) is 9.50. The summed E-state index contributed by atoms with van der Waals surface area (Å²) in [4.78, 5) is 0. The van der Waals surface area contributed by atoms with Crippen LogP contribution >= 0.6 is 0 Å². The number of ether oxygens (including phenoxy) is 4. The van der Waals surface area contributed by atoms with E-state index < -0.39 is 31.1 Å².